The Bertz CT molecular complexity index is 727. The third kappa shape index (κ3) is 4.43. The number of nitrogens with one attached hydrogen (secondary N) is 2. The van der Waals surface area contributed by atoms with E-state index < -0.39 is 35.9 Å². The number of hydrogen-bond donors (Lipinski definition) is 2. The molecule has 2 aromatic rings. The summed E-state index contributed by atoms with van der Waals surface area (Å²) in [6.07, 6.45) is -4.52. The Morgan fingerprint density at radius 2 is 1.46 bits per heavy atom. The van der Waals surface area contributed by atoms with Crippen molar-refractivity contribution in [1.29, 1.82) is 0 Å². The highest BCUT2D eigenvalue weighted by atomic mass is 19.4. The first-order chi connectivity index (χ1) is 11.1. The van der Waals surface area contributed by atoms with Crippen LogP contribution in [0.1, 0.15) is 5.56 Å². The van der Waals surface area contributed by atoms with Crippen molar-refractivity contribution in [1.82, 2.24) is 0 Å². The molecule has 0 spiro atoms. The molecule has 2 N–H and O–H groups in total. The number of anilines is 2. The molecule has 0 unspecified atom stereocenters. The molecule has 0 radical (unpaired) electrons. The number of carbonyl (C=O) groups excluding carboxylic acids is 1. The highest BCUT2D eigenvalue weighted by Crippen LogP contribution is 2.29. The fraction of sp³-hybridized carbons (Fsp3) is 0.0714. The van der Waals surface area contributed by atoms with Crippen molar-refractivity contribution >= 4 is 29.8 Å². The van der Waals surface area contributed by atoms with Gasteiger partial charge in [-0.25, -0.2) is 4.79 Å². The molecule has 2 amide bonds. The summed E-state index contributed by atoms with van der Waals surface area (Å²) in [6, 6.07) is 6.92. The molecule has 2 rings (SSSR count). The van der Waals surface area contributed by atoms with Gasteiger partial charge in [-0.15, -0.1) is 0 Å². The zero-order chi connectivity index (χ0) is 18.0. The second-order valence-corrected chi connectivity index (χ2v) is 4.82. The Morgan fingerprint density at radius 3 is 2.00 bits per heavy atom. The van der Waals surface area contributed by atoms with Gasteiger partial charge in [-0.1, -0.05) is 23.7 Å². The Labute approximate surface area is 132 Å². The summed E-state index contributed by atoms with van der Waals surface area (Å²) in [5.41, 5.74) is -2.30. The lowest BCUT2D eigenvalue weighted by atomic mass is 9.79. The maximum Gasteiger partial charge on any atom is 0.511 e. The van der Waals surface area contributed by atoms with Crippen molar-refractivity contribution in [3.8, 4) is 0 Å². The van der Waals surface area contributed by atoms with Crippen LogP contribution in [-0.2, 0) is 6.18 Å². The van der Waals surface area contributed by atoms with Gasteiger partial charge in [0.2, 0.25) is 0 Å². The van der Waals surface area contributed by atoms with Crippen LogP contribution < -0.4 is 16.1 Å². The van der Waals surface area contributed by atoms with Crippen LogP contribution in [0, 0.1) is 0 Å². The summed E-state index contributed by atoms with van der Waals surface area (Å²) >= 11 is 0. The van der Waals surface area contributed by atoms with Crippen LogP contribution >= 0.6 is 0 Å². The molecule has 2 aromatic carbocycles. The summed E-state index contributed by atoms with van der Waals surface area (Å²) in [4.78, 5) is 11.7. The molecule has 0 heterocycles. The van der Waals surface area contributed by atoms with Crippen LogP contribution in [0.4, 0.5) is 42.3 Å². The molecule has 128 valence electrons. The van der Waals surface area contributed by atoms with E-state index in [2.05, 4.69) is 5.32 Å². The number of carbonyl (C=O) groups is 1. The molecular weight excluding hydrogens is 337 g/mol. The smallest absolute Gasteiger partial charge is 0.445 e. The molecule has 3 nitrogen and oxygen atoms in total. The number of urea groups is 1. The maximum absolute atomic E-state index is 12.9. The molecule has 0 atom stereocenters. The predicted octanol–water partition coefficient (Wildman–Crippen LogP) is 4.40. The van der Waals surface area contributed by atoms with Gasteiger partial charge in [-0.05, 0) is 30.3 Å². The normalized spacial score (nSPS) is 11.9. The monoisotopic (exact) mass is 347 g/mol. The van der Waals surface area contributed by atoms with Crippen LogP contribution in [0.2, 0.25) is 0 Å². The average molecular weight is 347 g/mol. The molecule has 0 aliphatic rings. The summed E-state index contributed by atoms with van der Waals surface area (Å²) in [6.45, 7) is -5.32. The highest BCUT2D eigenvalue weighted by molar-refractivity contribution is 6.75. The van der Waals surface area contributed by atoms with E-state index in [1.54, 1.807) is 0 Å². The van der Waals surface area contributed by atoms with Crippen molar-refractivity contribution < 1.29 is 30.9 Å². The number of para-hydroxylation sites is 1. The lowest BCUT2D eigenvalue weighted by molar-refractivity contribution is -0.137. The van der Waals surface area contributed by atoms with Gasteiger partial charge < -0.3 is 23.6 Å². The minimum Gasteiger partial charge on any atom is -0.445 e. The summed E-state index contributed by atoms with van der Waals surface area (Å²) < 4.78 is 75.9. The molecule has 0 aliphatic carbocycles. The van der Waals surface area contributed by atoms with Crippen molar-refractivity contribution in [3.05, 3.63) is 54.1 Å². The zero-order valence-corrected chi connectivity index (χ0v) is 11.9. The largest absolute Gasteiger partial charge is 0.511 e. The van der Waals surface area contributed by atoms with Gasteiger partial charge in [0.25, 0.3) is 0 Å². The second kappa shape index (κ2) is 6.46. The topological polar surface area (TPSA) is 41.1 Å². The Balaban J connectivity index is 2.10. The fourth-order valence-electron chi connectivity index (χ4n) is 1.92. The predicted molar refractivity (Wildman–Crippen MR) is 79.2 cm³/mol. The summed E-state index contributed by atoms with van der Waals surface area (Å²) in [7, 11) is 0. The molecule has 10 heteroatoms. The van der Waals surface area contributed by atoms with Crippen molar-refractivity contribution in [3.63, 3.8) is 0 Å². The van der Waals surface area contributed by atoms with E-state index in [1.807, 2.05) is 5.32 Å². The number of hydrogen-bond acceptors (Lipinski definition) is 1. The molecular formula is C14H10BF6N2O-. The van der Waals surface area contributed by atoms with Gasteiger partial charge in [0.15, 0.2) is 0 Å². The first kappa shape index (κ1) is 17.7. The Morgan fingerprint density at radius 1 is 0.875 bits per heavy atom. The molecule has 0 saturated heterocycles. The number of rotatable bonds is 3. The van der Waals surface area contributed by atoms with Crippen LogP contribution in [0.5, 0.6) is 0 Å². The quantitative estimate of drug-likeness (QED) is 0.627. The molecule has 0 aliphatic heterocycles. The lowest BCUT2D eigenvalue weighted by Gasteiger charge is -2.20. The first-order valence-corrected chi connectivity index (χ1v) is 6.61. The van der Waals surface area contributed by atoms with Gasteiger partial charge in [-0.2, -0.15) is 13.2 Å². The zero-order valence-electron chi connectivity index (χ0n) is 11.9. The minimum atomic E-state index is -5.32. The van der Waals surface area contributed by atoms with E-state index >= 15 is 0 Å². The van der Waals surface area contributed by atoms with E-state index in [1.165, 1.54) is 12.1 Å². The van der Waals surface area contributed by atoms with E-state index in [9.17, 15) is 30.9 Å². The maximum atomic E-state index is 12.9. The highest BCUT2D eigenvalue weighted by Gasteiger charge is 2.30. The van der Waals surface area contributed by atoms with E-state index in [0.29, 0.717) is 0 Å². The average Bonchev–Trinajstić information content (AvgIpc) is 2.46. The molecule has 0 bridgehead atoms. The number of halogens is 6. The van der Waals surface area contributed by atoms with Crippen molar-refractivity contribution in [2.75, 3.05) is 10.6 Å². The summed E-state index contributed by atoms with van der Waals surface area (Å²) in [5, 5.41) is 4.20. The van der Waals surface area contributed by atoms with Crippen molar-refractivity contribution in [2.45, 2.75) is 6.18 Å². The van der Waals surface area contributed by atoms with Gasteiger partial charge >= 0.3 is 19.2 Å². The van der Waals surface area contributed by atoms with Gasteiger partial charge in [0, 0.05) is 11.4 Å². The van der Waals surface area contributed by atoms with E-state index in [4.69, 9.17) is 0 Å². The van der Waals surface area contributed by atoms with Crippen LogP contribution in [0.15, 0.2) is 48.5 Å². The number of amides is 2. The van der Waals surface area contributed by atoms with Crippen molar-refractivity contribution in [2.24, 2.45) is 0 Å². The number of benzene rings is 2. The SMILES string of the molecule is O=C(Nc1ccc(C(F)(F)F)cc1)Nc1ccccc1[B-](F)(F)F. The third-order valence-corrected chi connectivity index (χ3v) is 3.03. The van der Waals surface area contributed by atoms with E-state index in [-0.39, 0.29) is 5.69 Å². The number of alkyl halides is 3. The minimum absolute atomic E-state index is 0.00972. The second-order valence-electron chi connectivity index (χ2n) is 4.82. The van der Waals surface area contributed by atoms with Gasteiger partial charge in [0.1, 0.15) is 0 Å². The van der Waals surface area contributed by atoms with Crippen LogP contribution in [-0.4, -0.2) is 13.0 Å². The Kier molecular flexibility index (Phi) is 4.77. The molecule has 0 aromatic heterocycles. The standard InChI is InChI=1S/C14H10BF6N2O/c16-14(17,18)9-5-7-10(8-6-9)22-13(24)23-12-4-2-1-3-11(12)15(19,20)21/h1-8H,(H2,22,23,24)/q-1. The molecule has 0 fully saturated rings. The fourth-order valence-corrected chi connectivity index (χ4v) is 1.92. The van der Waals surface area contributed by atoms with Crippen LogP contribution in [0.3, 0.4) is 0 Å². The molecule has 0 saturated carbocycles. The third-order valence-electron chi connectivity index (χ3n) is 3.03. The summed E-state index contributed by atoms with van der Waals surface area (Å²) in [5.74, 6) is 0. The van der Waals surface area contributed by atoms with E-state index in [0.717, 1.165) is 36.4 Å². The Hall–Kier alpha value is -2.65. The lowest BCUT2D eigenvalue weighted by Crippen LogP contribution is -2.37. The van der Waals surface area contributed by atoms with Gasteiger partial charge in [-0.3, -0.25) is 0 Å². The van der Waals surface area contributed by atoms with Gasteiger partial charge in [0.05, 0.1) is 5.56 Å². The first-order valence-electron chi connectivity index (χ1n) is 6.61. The molecule has 24 heavy (non-hydrogen) atoms. The van der Waals surface area contributed by atoms with Crippen LogP contribution in [0.25, 0.3) is 0 Å².